The number of anilines is 1. The molecule has 5 heterocycles. The Morgan fingerprint density at radius 1 is 1.26 bits per heavy atom. The van der Waals surface area contributed by atoms with E-state index in [1.165, 1.54) is 0 Å². The van der Waals surface area contributed by atoms with Crippen LogP contribution in [0.25, 0.3) is 22.9 Å². The van der Waals surface area contributed by atoms with Gasteiger partial charge in [0.05, 0.1) is 24.9 Å². The Balaban J connectivity index is 1.43. The number of rotatable bonds is 5. The predicted octanol–water partition coefficient (Wildman–Crippen LogP) is 2.74. The van der Waals surface area contributed by atoms with Gasteiger partial charge in [0.1, 0.15) is 42.1 Å². The minimum Gasteiger partial charge on any atom is -0.489 e. The lowest BCUT2D eigenvalue weighted by Gasteiger charge is -2.17. The molecule has 0 amide bonds. The van der Waals surface area contributed by atoms with Crippen LogP contribution in [0, 0.1) is 0 Å². The number of nitrogens with one attached hydrogen (secondary N) is 1. The summed E-state index contributed by atoms with van der Waals surface area (Å²) in [6, 6.07) is 2.17. The van der Waals surface area contributed by atoms with Crippen LogP contribution in [0.15, 0.2) is 24.8 Å². The minimum absolute atomic E-state index is 0.0251. The number of ether oxygens (including phenoxy) is 3. The number of fused-ring (bicyclic) bond motifs is 3. The van der Waals surface area contributed by atoms with Crippen LogP contribution in [-0.2, 0) is 16.0 Å². The highest BCUT2D eigenvalue weighted by Gasteiger charge is 2.32. The summed E-state index contributed by atoms with van der Waals surface area (Å²) in [4.78, 5) is 13.8. The molecule has 2 aliphatic rings. The zero-order valence-corrected chi connectivity index (χ0v) is 18.2. The van der Waals surface area contributed by atoms with Crippen molar-refractivity contribution in [2.75, 3.05) is 25.1 Å². The first-order valence-corrected chi connectivity index (χ1v) is 10.6. The predicted molar refractivity (Wildman–Crippen MR) is 114 cm³/mol. The Labute approximate surface area is 180 Å². The van der Waals surface area contributed by atoms with E-state index in [0.717, 1.165) is 28.7 Å². The SMILES string of the molecule is CC(C)n1ncnc1-c1cn2c(n1)-c1cc(NCC3COC(C)(C)O3)ncc1OCC2. The molecule has 10 nitrogen and oxygen atoms in total. The first-order chi connectivity index (χ1) is 14.9. The summed E-state index contributed by atoms with van der Waals surface area (Å²) in [6.45, 7) is 10.4. The molecule has 1 unspecified atom stereocenters. The molecule has 164 valence electrons. The van der Waals surface area contributed by atoms with E-state index in [4.69, 9.17) is 19.2 Å². The molecule has 10 heteroatoms. The molecular weight excluding hydrogens is 398 g/mol. The Bertz CT molecular complexity index is 1090. The largest absolute Gasteiger partial charge is 0.489 e. The topological polar surface area (TPSA) is 101 Å². The maximum Gasteiger partial charge on any atom is 0.178 e. The van der Waals surface area contributed by atoms with Gasteiger partial charge in [-0.2, -0.15) is 5.10 Å². The van der Waals surface area contributed by atoms with Crippen LogP contribution in [0.2, 0.25) is 0 Å². The average molecular weight is 425 g/mol. The molecule has 1 atom stereocenters. The van der Waals surface area contributed by atoms with Crippen molar-refractivity contribution >= 4 is 5.82 Å². The molecule has 3 aromatic rings. The van der Waals surface area contributed by atoms with E-state index in [9.17, 15) is 0 Å². The van der Waals surface area contributed by atoms with E-state index >= 15 is 0 Å². The summed E-state index contributed by atoms with van der Waals surface area (Å²) < 4.78 is 21.4. The highest BCUT2D eigenvalue weighted by molar-refractivity contribution is 5.70. The van der Waals surface area contributed by atoms with E-state index in [2.05, 4.69) is 38.8 Å². The second kappa shape index (κ2) is 7.61. The van der Waals surface area contributed by atoms with Gasteiger partial charge in [-0.1, -0.05) is 0 Å². The maximum absolute atomic E-state index is 5.91. The maximum atomic E-state index is 5.91. The summed E-state index contributed by atoms with van der Waals surface area (Å²) in [7, 11) is 0. The van der Waals surface area contributed by atoms with Crippen LogP contribution in [0.4, 0.5) is 5.82 Å². The number of nitrogens with zero attached hydrogens (tertiary/aromatic N) is 6. The number of imidazole rings is 1. The van der Waals surface area contributed by atoms with Crippen molar-refractivity contribution < 1.29 is 14.2 Å². The molecule has 0 aromatic carbocycles. The van der Waals surface area contributed by atoms with Gasteiger partial charge < -0.3 is 24.1 Å². The normalized spacial score (nSPS) is 19.6. The van der Waals surface area contributed by atoms with E-state index in [-0.39, 0.29) is 12.1 Å². The van der Waals surface area contributed by atoms with Crippen molar-refractivity contribution in [1.29, 1.82) is 0 Å². The number of hydrogen-bond donors (Lipinski definition) is 1. The molecule has 2 aliphatic heterocycles. The Morgan fingerprint density at radius 2 is 2.13 bits per heavy atom. The fourth-order valence-electron chi connectivity index (χ4n) is 3.89. The van der Waals surface area contributed by atoms with Gasteiger partial charge in [-0.15, -0.1) is 0 Å². The highest BCUT2D eigenvalue weighted by atomic mass is 16.7. The third-order valence-electron chi connectivity index (χ3n) is 5.34. The molecule has 0 bridgehead atoms. The fraction of sp³-hybridized carbons (Fsp3) is 0.524. The zero-order chi connectivity index (χ0) is 21.6. The summed E-state index contributed by atoms with van der Waals surface area (Å²) >= 11 is 0. The second-order valence-electron chi connectivity index (χ2n) is 8.51. The zero-order valence-electron chi connectivity index (χ0n) is 18.2. The molecule has 1 saturated heterocycles. The highest BCUT2D eigenvalue weighted by Crippen LogP contribution is 2.35. The number of pyridine rings is 1. The van der Waals surface area contributed by atoms with Gasteiger partial charge in [0.2, 0.25) is 0 Å². The first kappa shape index (κ1) is 20.0. The lowest BCUT2D eigenvalue weighted by atomic mass is 10.2. The van der Waals surface area contributed by atoms with Gasteiger partial charge in [-0.05, 0) is 33.8 Å². The van der Waals surface area contributed by atoms with Crippen LogP contribution in [0.1, 0.15) is 33.7 Å². The molecule has 0 spiro atoms. The summed E-state index contributed by atoms with van der Waals surface area (Å²) in [5.41, 5.74) is 1.68. The lowest BCUT2D eigenvalue weighted by molar-refractivity contribution is -0.136. The van der Waals surface area contributed by atoms with Crippen molar-refractivity contribution in [3.05, 3.63) is 24.8 Å². The molecule has 0 saturated carbocycles. The number of hydrogen-bond acceptors (Lipinski definition) is 8. The first-order valence-electron chi connectivity index (χ1n) is 10.6. The summed E-state index contributed by atoms with van der Waals surface area (Å²) in [5, 5.41) is 7.69. The van der Waals surface area contributed by atoms with Gasteiger partial charge in [0.15, 0.2) is 11.6 Å². The van der Waals surface area contributed by atoms with Crippen LogP contribution >= 0.6 is 0 Å². The standard InChI is InChI=1S/C21H27N7O3/c1-13(2)28-20(24-12-25-28)16-10-27-5-6-29-17-9-23-18(7-15(17)19(27)26-16)22-8-14-11-30-21(3,4)31-14/h7,9-10,12-14H,5-6,8,11H2,1-4H3,(H,22,23). The Kier molecular flexibility index (Phi) is 4.90. The van der Waals surface area contributed by atoms with Gasteiger partial charge in [-0.25, -0.2) is 19.6 Å². The van der Waals surface area contributed by atoms with Gasteiger partial charge >= 0.3 is 0 Å². The van der Waals surface area contributed by atoms with Crippen LogP contribution in [-0.4, -0.2) is 60.9 Å². The monoisotopic (exact) mass is 425 g/mol. The number of aromatic nitrogens is 6. The Hall–Kier alpha value is -2.98. The molecule has 1 N–H and O–H groups in total. The third-order valence-corrected chi connectivity index (χ3v) is 5.34. The summed E-state index contributed by atoms with van der Waals surface area (Å²) in [5.74, 6) is 2.49. The van der Waals surface area contributed by atoms with Gasteiger partial charge in [0.25, 0.3) is 0 Å². The van der Waals surface area contributed by atoms with Crippen molar-refractivity contribution in [2.45, 2.75) is 52.2 Å². The summed E-state index contributed by atoms with van der Waals surface area (Å²) in [6.07, 6.45) is 5.30. The van der Waals surface area contributed by atoms with Gasteiger partial charge in [-0.3, -0.25) is 0 Å². The molecule has 3 aromatic heterocycles. The minimum atomic E-state index is -0.543. The molecule has 1 fully saturated rings. The van der Waals surface area contributed by atoms with Crippen molar-refractivity contribution in [3.63, 3.8) is 0 Å². The quantitative estimate of drug-likeness (QED) is 0.666. The molecule has 0 radical (unpaired) electrons. The average Bonchev–Trinajstić information content (AvgIpc) is 3.43. The Morgan fingerprint density at radius 3 is 2.90 bits per heavy atom. The molecule has 0 aliphatic carbocycles. The van der Waals surface area contributed by atoms with Crippen molar-refractivity contribution in [3.8, 4) is 28.7 Å². The smallest absolute Gasteiger partial charge is 0.178 e. The van der Waals surface area contributed by atoms with Crippen molar-refractivity contribution in [2.24, 2.45) is 0 Å². The second-order valence-corrected chi connectivity index (χ2v) is 8.51. The lowest BCUT2D eigenvalue weighted by Crippen LogP contribution is -2.26. The molecule has 31 heavy (non-hydrogen) atoms. The molecule has 5 rings (SSSR count). The fourth-order valence-corrected chi connectivity index (χ4v) is 3.89. The van der Waals surface area contributed by atoms with E-state index in [1.807, 2.05) is 30.8 Å². The van der Waals surface area contributed by atoms with Crippen LogP contribution < -0.4 is 10.1 Å². The van der Waals surface area contributed by atoms with Crippen LogP contribution in [0.5, 0.6) is 5.75 Å². The van der Waals surface area contributed by atoms with E-state index in [0.29, 0.717) is 32.1 Å². The van der Waals surface area contributed by atoms with Gasteiger partial charge in [0, 0.05) is 18.8 Å². The van der Waals surface area contributed by atoms with E-state index in [1.54, 1.807) is 12.5 Å². The van der Waals surface area contributed by atoms with Crippen molar-refractivity contribution in [1.82, 2.24) is 29.3 Å². The molecular formula is C21H27N7O3. The van der Waals surface area contributed by atoms with E-state index < -0.39 is 5.79 Å². The van der Waals surface area contributed by atoms with Crippen LogP contribution in [0.3, 0.4) is 0 Å². The third kappa shape index (κ3) is 3.88.